The molecule has 27 heavy (non-hydrogen) atoms. The lowest BCUT2D eigenvalue weighted by Gasteiger charge is -2.36. The van der Waals surface area contributed by atoms with Gasteiger partial charge in [0.25, 0.3) is 0 Å². The number of piperazine rings is 1. The Kier molecular flexibility index (Phi) is 6.38. The van der Waals surface area contributed by atoms with Crippen LogP contribution < -0.4 is 10.2 Å². The van der Waals surface area contributed by atoms with Gasteiger partial charge in [-0.2, -0.15) is 18.3 Å². The Morgan fingerprint density at radius 1 is 1.15 bits per heavy atom. The van der Waals surface area contributed by atoms with E-state index in [0.717, 1.165) is 58.3 Å². The highest BCUT2D eigenvalue weighted by molar-refractivity contribution is 5.49. The van der Waals surface area contributed by atoms with Crippen LogP contribution in [0.4, 0.5) is 18.9 Å². The number of halogens is 3. The molecule has 0 aliphatic carbocycles. The van der Waals surface area contributed by atoms with Crippen molar-refractivity contribution in [2.24, 2.45) is 7.05 Å². The number of aryl methyl sites for hydroxylation is 1. The molecule has 1 saturated heterocycles. The standard InChI is InChI=1S/C19H26F3N5/c1-25-15-16(14-24-25)13-23-6-3-7-26-8-10-27(11-9-26)18-5-2-4-17(12-18)19(20,21)22/h2,4-5,12,14-15,23H,3,6-11,13H2,1H3. The zero-order chi connectivity index (χ0) is 19.3. The number of rotatable bonds is 7. The van der Waals surface area contributed by atoms with E-state index in [1.807, 2.05) is 24.3 Å². The minimum Gasteiger partial charge on any atom is -0.369 e. The molecule has 0 spiro atoms. The van der Waals surface area contributed by atoms with Crippen LogP contribution in [0, 0.1) is 0 Å². The lowest BCUT2D eigenvalue weighted by Crippen LogP contribution is -2.47. The van der Waals surface area contributed by atoms with E-state index in [-0.39, 0.29) is 0 Å². The minimum atomic E-state index is -4.29. The lowest BCUT2D eigenvalue weighted by molar-refractivity contribution is -0.137. The Bertz CT molecular complexity index is 720. The first-order valence-corrected chi connectivity index (χ1v) is 9.24. The van der Waals surface area contributed by atoms with E-state index < -0.39 is 11.7 Å². The van der Waals surface area contributed by atoms with Crippen LogP contribution >= 0.6 is 0 Å². The van der Waals surface area contributed by atoms with Crippen molar-refractivity contribution in [2.45, 2.75) is 19.1 Å². The summed E-state index contributed by atoms with van der Waals surface area (Å²) >= 11 is 0. The van der Waals surface area contributed by atoms with E-state index in [2.05, 4.69) is 15.3 Å². The summed E-state index contributed by atoms with van der Waals surface area (Å²) in [6.45, 7) is 6.00. The maximum absolute atomic E-state index is 12.9. The van der Waals surface area contributed by atoms with Gasteiger partial charge < -0.3 is 10.2 Å². The molecule has 1 aliphatic heterocycles. The van der Waals surface area contributed by atoms with Crippen molar-refractivity contribution in [3.8, 4) is 0 Å². The van der Waals surface area contributed by atoms with Crippen molar-refractivity contribution in [2.75, 3.05) is 44.2 Å². The summed E-state index contributed by atoms with van der Waals surface area (Å²) in [7, 11) is 1.91. The molecular formula is C19H26F3N5. The maximum atomic E-state index is 12.9. The second-order valence-corrected chi connectivity index (χ2v) is 6.93. The summed E-state index contributed by atoms with van der Waals surface area (Å²) in [6.07, 6.45) is 0.616. The molecule has 0 amide bonds. The monoisotopic (exact) mass is 381 g/mol. The Labute approximate surface area is 157 Å². The minimum absolute atomic E-state index is 0.581. The number of alkyl halides is 3. The van der Waals surface area contributed by atoms with E-state index >= 15 is 0 Å². The van der Waals surface area contributed by atoms with Gasteiger partial charge in [-0.3, -0.25) is 9.58 Å². The molecule has 2 heterocycles. The quantitative estimate of drug-likeness (QED) is 0.749. The third-order valence-corrected chi connectivity index (χ3v) is 4.83. The number of hydrogen-bond donors (Lipinski definition) is 1. The average molecular weight is 381 g/mol. The summed E-state index contributed by atoms with van der Waals surface area (Å²) in [4.78, 5) is 4.41. The average Bonchev–Trinajstić information content (AvgIpc) is 3.06. The first-order chi connectivity index (χ1) is 12.9. The molecule has 0 radical (unpaired) electrons. The van der Waals surface area contributed by atoms with Crippen molar-refractivity contribution in [3.05, 3.63) is 47.8 Å². The van der Waals surface area contributed by atoms with E-state index in [1.54, 1.807) is 10.7 Å². The molecule has 1 fully saturated rings. The summed E-state index contributed by atoms with van der Waals surface area (Å²) in [6, 6.07) is 5.61. The van der Waals surface area contributed by atoms with Crippen LogP contribution in [0.2, 0.25) is 0 Å². The third-order valence-electron chi connectivity index (χ3n) is 4.83. The summed E-state index contributed by atoms with van der Waals surface area (Å²) in [5.74, 6) is 0. The number of hydrogen-bond acceptors (Lipinski definition) is 4. The molecule has 0 unspecified atom stereocenters. The van der Waals surface area contributed by atoms with Crippen LogP contribution in [0.1, 0.15) is 17.5 Å². The van der Waals surface area contributed by atoms with Gasteiger partial charge in [-0.25, -0.2) is 0 Å². The van der Waals surface area contributed by atoms with Crippen molar-refractivity contribution >= 4 is 5.69 Å². The zero-order valence-electron chi connectivity index (χ0n) is 15.5. The van der Waals surface area contributed by atoms with Crippen molar-refractivity contribution < 1.29 is 13.2 Å². The van der Waals surface area contributed by atoms with Crippen LogP contribution in [-0.2, 0) is 19.8 Å². The topological polar surface area (TPSA) is 36.3 Å². The fourth-order valence-corrected chi connectivity index (χ4v) is 3.33. The number of aromatic nitrogens is 2. The summed E-state index contributed by atoms with van der Waals surface area (Å²) in [5, 5.41) is 7.55. The van der Waals surface area contributed by atoms with E-state index in [1.165, 1.54) is 17.7 Å². The van der Waals surface area contributed by atoms with Crippen molar-refractivity contribution in [1.82, 2.24) is 20.0 Å². The number of nitrogens with one attached hydrogen (secondary N) is 1. The van der Waals surface area contributed by atoms with Gasteiger partial charge in [0.15, 0.2) is 0 Å². The van der Waals surface area contributed by atoms with Gasteiger partial charge >= 0.3 is 6.18 Å². The van der Waals surface area contributed by atoms with E-state index in [0.29, 0.717) is 5.69 Å². The molecule has 0 atom stereocenters. The van der Waals surface area contributed by atoms with Crippen LogP contribution in [-0.4, -0.2) is 53.9 Å². The van der Waals surface area contributed by atoms with E-state index in [4.69, 9.17) is 0 Å². The van der Waals surface area contributed by atoms with Crippen LogP contribution in [0.3, 0.4) is 0 Å². The van der Waals surface area contributed by atoms with Crippen LogP contribution in [0.15, 0.2) is 36.7 Å². The molecular weight excluding hydrogens is 355 g/mol. The van der Waals surface area contributed by atoms with Crippen molar-refractivity contribution in [3.63, 3.8) is 0 Å². The molecule has 2 aromatic rings. The highest BCUT2D eigenvalue weighted by Gasteiger charge is 2.31. The molecule has 8 heteroatoms. The summed E-state index contributed by atoms with van der Waals surface area (Å²) < 4.78 is 40.4. The van der Waals surface area contributed by atoms with Crippen molar-refractivity contribution in [1.29, 1.82) is 0 Å². The molecule has 0 bridgehead atoms. The molecule has 148 valence electrons. The Morgan fingerprint density at radius 3 is 2.59 bits per heavy atom. The highest BCUT2D eigenvalue weighted by Crippen LogP contribution is 2.31. The predicted molar refractivity (Wildman–Crippen MR) is 99.6 cm³/mol. The predicted octanol–water partition coefficient (Wildman–Crippen LogP) is 2.74. The lowest BCUT2D eigenvalue weighted by atomic mass is 10.1. The zero-order valence-corrected chi connectivity index (χ0v) is 15.5. The first-order valence-electron chi connectivity index (χ1n) is 9.24. The fraction of sp³-hybridized carbons (Fsp3) is 0.526. The Morgan fingerprint density at radius 2 is 1.93 bits per heavy atom. The number of nitrogens with zero attached hydrogens (tertiary/aromatic N) is 4. The normalized spacial score (nSPS) is 16.1. The highest BCUT2D eigenvalue weighted by atomic mass is 19.4. The van der Waals surface area contributed by atoms with Gasteiger partial charge in [0.1, 0.15) is 0 Å². The molecule has 5 nitrogen and oxygen atoms in total. The largest absolute Gasteiger partial charge is 0.416 e. The second kappa shape index (κ2) is 8.75. The van der Waals surface area contributed by atoms with Gasteiger partial charge in [-0.1, -0.05) is 6.07 Å². The maximum Gasteiger partial charge on any atom is 0.416 e. The number of anilines is 1. The van der Waals surface area contributed by atoms with Gasteiger partial charge in [-0.05, 0) is 37.7 Å². The SMILES string of the molecule is Cn1cc(CNCCCN2CCN(c3cccc(C(F)(F)F)c3)CC2)cn1. The molecule has 0 saturated carbocycles. The molecule has 1 aromatic heterocycles. The molecule has 1 aromatic carbocycles. The molecule has 1 aliphatic rings. The Balaban J connectivity index is 1.36. The molecule has 3 rings (SSSR count). The number of benzene rings is 1. The van der Waals surface area contributed by atoms with Crippen LogP contribution in [0.25, 0.3) is 0 Å². The molecule has 1 N–H and O–H groups in total. The third kappa shape index (κ3) is 5.71. The summed E-state index contributed by atoms with van der Waals surface area (Å²) in [5.41, 5.74) is 1.25. The van der Waals surface area contributed by atoms with Gasteiger partial charge in [0, 0.05) is 57.2 Å². The van der Waals surface area contributed by atoms with Gasteiger partial charge in [0.05, 0.1) is 11.8 Å². The first kappa shape index (κ1) is 19.7. The fourth-order valence-electron chi connectivity index (χ4n) is 3.33. The smallest absolute Gasteiger partial charge is 0.369 e. The van der Waals surface area contributed by atoms with Gasteiger partial charge in [-0.15, -0.1) is 0 Å². The van der Waals surface area contributed by atoms with E-state index in [9.17, 15) is 13.2 Å². The van der Waals surface area contributed by atoms with Crippen LogP contribution in [0.5, 0.6) is 0 Å². The second-order valence-electron chi connectivity index (χ2n) is 6.93. The Hall–Kier alpha value is -2.06. The van der Waals surface area contributed by atoms with Gasteiger partial charge in [0.2, 0.25) is 0 Å².